The summed E-state index contributed by atoms with van der Waals surface area (Å²) in [5.41, 5.74) is 5.19. The highest BCUT2D eigenvalue weighted by Gasteiger charge is 2.36. The summed E-state index contributed by atoms with van der Waals surface area (Å²) < 4.78 is 0. The maximum Gasteiger partial charge on any atom is 0.224 e. The van der Waals surface area contributed by atoms with Crippen LogP contribution in [0.5, 0.6) is 0 Å². The summed E-state index contributed by atoms with van der Waals surface area (Å²) in [5.74, 6) is -0.698. The molecule has 2 atom stereocenters. The van der Waals surface area contributed by atoms with E-state index >= 15 is 0 Å². The molecule has 1 unspecified atom stereocenters. The molecule has 114 valence electrons. The third-order valence-electron chi connectivity index (χ3n) is 3.92. The van der Waals surface area contributed by atoms with Gasteiger partial charge in [-0.05, 0) is 39.5 Å². The number of carbonyl (C=O) groups excluding carboxylic acids is 2. The Labute approximate surface area is 122 Å². The number of nitrogens with two attached hydrogens (primary N) is 1. The average molecular weight is 280 g/mol. The van der Waals surface area contributed by atoms with Gasteiger partial charge in [0.1, 0.15) is 0 Å². The van der Waals surface area contributed by atoms with Crippen molar-refractivity contribution in [2.24, 2.45) is 23.5 Å². The van der Waals surface area contributed by atoms with Crippen LogP contribution in [0.3, 0.4) is 0 Å². The van der Waals surface area contributed by atoms with Gasteiger partial charge in [0.05, 0.1) is 11.8 Å². The summed E-state index contributed by atoms with van der Waals surface area (Å²) in [7, 11) is 0. The van der Waals surface area contributed by atoms with Gasteiger partial charge in [0.2, 0.25) is 11.8 Å². The van der Waals surface area contributed by atoms with Crippen LogP contribution in [-0.2, 0) is 9.59 Å². The number of carbonyl (C=O) groups is 2. The lowest BCUT2D eigenvalue weighted by atomic mass is 9.74. The zero-order chi connectivity index (χ0) is 15.3. The molecule has 20 heavy (non-hydrogen) atoms. The van der Waals surface area contributed by atoms with Gasteiger partial charge >= 0.3 is 0 Å². The first-order valence-electron chi connectivity index (χ1n) is 7.47. The molecule has 3 N–H and O–H groups in total. The van der Waals surface area contributed by atoms with E-state index in [-0.39, 0.29) is 17.4 Å². The highest BCUT2D eigenvalue weighted by molar-refractivity contribution is 5.87. The summed E-state index contributed by atoms with van der Waals surface area (Å²) in [5, 5.41) is 2.99. The van der Waals surface area contributed by atoms with Gasteiger partial charge in [0, 0.05) is 5.54 Å². The Kier molecular flexibility index (Phi) is 5.78. The van der Waals surface area contributed by atoms with Crippen molar-refractivity contribution in [3.8, 4) is 0 Å². The largest absolute Gasteiger partial charge is 0.369 e. The van der Waals surface area contributed by atoms with Gasteiger partial charge in [-0.1, -0.05) is 25.3 Å². The first-order valence-corrected chi connectivity index (χ1v) is 7.47. The molecule has 0 aliphatic heterocycles. The molecule has 4 nitrogen and oxygen atoms in total. The maximum absolute atomic E-state index is 12.5. The van der Waals surface area contributed by atoms with Crippen LogP contribution in [0.1, 0.15) is 52.9 Å². The van der Waals surface area contributed by atoms with Gasteiger partial charge in [0.15, 0.2) is 0 Å². The zero-order valence-corrected chi connectivity index (χ0v) is 12.9. The smallest absolute Gasteiger partial charge is 0.224 e. The maximum atomic E-state index is 12.5. The first kappa shape index (κ1) is 16.7. The molecular weight excluding hydrogens is 252 g/mol. The molecule has 1 aliphatic rings. The Hall–Kier alpha value is -1.32. The number of rotatable bonds is 7. The molecule has 0 bridgehead atoms. The van der Waals surface area contributed by atoms with Crippen molar-refractivity contribution in [1.29, 1.82) is 0 Å². The zero-order valence-electron chi connectivity index (χ0n) is 12.9. The van der Waals surface area contributed by atoms with Crippen LogP contribution in [0, 0.1) is 17.8 Å². The second-order valence-corrected chi connectivity index (χ2v) is 6.91. The van der Waals surface area contributed by atoms with E-state index in [4.69, 9.17) is 5.73 Å². The summed E-state index contributed by atoms with van der Waals surface area (Å²) in [6.45, 7) is 9.50. The molecule has 0 aromatic heterocycles. The highest BCUT2D eigenvalue weighted by Crippen LogP contribution is 2.35. The number of hydrogen-bond acceptors (Lipinski definition) is 2. The lowest BCUT2D eigenvalue weighted by Crippen LogP contribution is -2.48. The number of primary amides is 1. The monoisotopic (exact) mass is 280 g/mol. The van der Waals surface area contributed by atoms with E-state index in [1.165, 1.54) is 6.42 Å². The fourth-order valence-corrected chi connectivity index (χ4v) is 2.66. The van der Waals surface area contributed by atoms with Gasteiger partial charge in [-0.25, -0.2) is 0 Å². The minimum Gasteiger partial charge on any atom is -0.369 e. The van der Waals surface area contributed by atoms with Gasteiger partial charge in [0.25, 0.3) is 0 Å². The van der Waals surface area contributed by atoms with Crippen molar-refractivity contribution in [3.05, 3.63) is 12.7 Å². The van der Waals surface area contributed by atoms with Crippen molar-refractivity contribution in [2.45, 2.75) is 58.4 Å². The minimum absolute atomic E-state index is 0.0601. The Balaban J connectivity index is 2.83. The molecule has 1 rings (SSSR count). The molecule has 0 radical (unpaired) electrons. The fourth-order valence-electron chi connectivity index (χ4n) is 2.66. The van der Waals surface area contributed by atoms with Gasteiger partial charge < -0.3 is 11.1 Å². The van der Waals surface area contributed by atoms with Crippen LogP contribution >= 0.6 is 0 Å². The molecule has 1 fully saturated rings. The molecule has 0 saturated heterocycles. The summed E-state index contributed by atoms with van der Waals surface area (Å²) in [6, 6.07) is 0. The lowest BCUT2D eigenvalue weighted by Gasteiger charge is -2.33. The summed E-state index contributed by atoms with van der Waals surface area (Å²) in [6.07, 6.45) is 6.42. The quantitative estimate of drug-likeness (QED) is 0.703. The van der Waals surface area contributed by atoms with Crippen molar-refractivity contribution in [2.75, 3.05) is 0 Å². The van der Waals surface area contributed by atoms with Crippen LogP contribution < -0.4 is 11.1 Å². The second-order valence-electron chi connectivity index (χ2n) is 6.91. The topological polar surface area (TPSA) is 72.2 Å². The Morgan fingerprint density at radius 2 is 1.95 bits per heavy atom. The standard InChI is InChI=1S/C16H28N2O2/c1-5-7-12(14(17)19)13(10-11-8-6-9-11)15(20)18-16(2,3)4/h5,11-13H,1,6-10H2,2-4H3,(H2,17,19)(H,18,20)/t12-,13?/m0/s1. The number of nitrogens with one attached hydrogen (secondary N) is 1. The van der Waals surface area contributed by atoms with Crippen LogP contribution in [-0.4, -0.2) is 17.4 Å². The molecule has 1 aliphatic carbocycles. The predicted molar refractivity (Wildman–Crippen MR) is 80.8 cm³/mol. The van der Waals surface area contributed by atoms with Gasteiger partial charge in [-0.3, -0.25) is 9.59 Å². The van der Waals surface area contributed by atoms with Crippen LogP contribution in [0.25, 0.3) is 0 Å². The highest BCUT2D eigenvalue weighted by atomic mass is 16.2. The fraction of sp³-hybridized carbons (Fsp3) is 0.750. The van der Waals surface area contributed by atoms with E-state index in [9.17, 15) is 9.59 Å². The molecule has 0 spiro atoms. The normalized spacial score (nSPS) is 18.8. The third kappa shape index (κ3) is 4.99. The number of allylic oxidation sites excluding steroid dienone is 1. The van der Waals surface area contributed by atoms with E-state index in [0.29, 0.717) is 12.3 Å². The van der Waals surface area contributed by atoms with E-state index in [1.807, 2.05) is 20.8 Å². The van der Waals surface area contributed by atoms with E-state index in [1.54, 1.807) is 6.08 Å². The lowest BCUT2D eigenvalue weighted by molar-refractivity contribution is -0.135. The predicted octanol–water partition coefficient (Wildman–Crippen LogP) is 2.39. The van der Waals surface area contributed by atoms with E-state index < -0.39 is 11.8 Å². The number of hydrogen-bond donors (Lipinski definition) is 2. The van der Waals surface area contributed by atoms with E-state index in [0.717, 1.165) is 19.3 Å². The van der Waals surface area contributed by atoms with Crippen molar-refractivity contribution < 1.29 is 9.59 Å². The Morgan fingerprint density at radius 3 is 2.30 bits per heavy atom. The Morgan fingerprint density at radius 1 is 1.35 bits per heavy atom. The van der Waals surface area contributed by atoms with Crippen LogP contribution in [0.15, 0.2) is 12.7 Å². The SMILES string of the molecule is C=CC[C@H](C(N)=O)C(CC1CCC1)C(=O)NC(C)(C)C. The molecular formula is C16H28N2O2. The second kappa shape index (κ2) is 6.91. The van der Waals surface area contributed by atoms with Crippen molar-refractivity contribution >= 4 is 11.8 Å². The van der Waals surface area contributed by atoms with Crippen LogP contribution in [0.4, 0.5) is 0 Å². The molecule has 0 aromatic carbocycles. The van der Waals surface area contributed by atoms with Crippen LogP contribution in [0.2, 0.25) is 0 Å². The average Bonchev–Trinajstić information content (AvgIpc) is 2.22. The molecule has 4 heteroatoms. The van der Waals surface area contributed by atoms with Gasteiger partial charge in [-0.15, -0.1) is 6.58 Å². The van der Waals surface area contributed by atoms with Gasteiger partial charge in [-0.2, -0.15) is 0 Å². The summed E-state index contributed by atoms with van der Waals surface area (Å²) >= 11 is 0. The molecule has 1 saturated carbocycles. The third-order valence-corrected chi connectivity index (χ3v) is 3.92. The van der Waals surface area contributed by atoms with E-state index in [2.05, 4.69) is 11.9 Å². The first-order chi connectivity index (χ1) is 9.24. The summed E-state index contributed by atoms with van der Waals surface area (Å²) in [4.78, 5) is 24.2. The van der Waals surface area contributed by atoms with Crippen molar-refractivity contribution in [3.63, 3.8) is 0 Å². The molecule has 0 heterocycles. The molecule has 0 aromatic rings. The Bertz CT molecular complexity index is 367. The molecule has 2 amide bonds. The van der Waals surface area contributed by atoms with Crippen molar-refractivity contribution in [1.82, 2.24) is 5.32 Å². The number of amides is 2. The minimum atomic E-state index is -0.449.